The molecule has 0 fully saturated rings. The molecule has 4 aromatic rings. The molecule has 0 atom stereocenters. The van der Waals surface area contributed by atoms with E-state index in [1.54, 1.807) is 17.7 Å². The van der Waals surface area contributed by atoms with Crippen molar-refractivity contribution >= 4 is 6.54 Å². The molecule has 6 rings (SSSR count). The molecule has 0 aromatic heterocycles. The average molecular weight is 606 g/mol. The second kappa shape index (κ2) is 10.1. The van der Waals surface area contributed by atoms with Crippen LogP contribution in [0.25, 0.3) is 22.3 Å². The van der Waals surface area contributed by atoms with Gasteiger partial charge in [-0.15, -0.1) is 0 Å². The number of benzene rings is 4. The summed E-state index contributed by atoms with van der Waals surface area (Å²) >= 11 is -2.37. The van der Waals surface area contributed by atoms with Crippen molar-refractivity contribution in [3.63, 3.8) is 0 Å². The van der Waals surface area contributed by atoms with Crippen molar-refractivity contribution in [3.8, 4) is 22.3 Å². The summed E-state index contributed by atoms with van der Waals surface area (Å²) in [6.07, 6.45) is 2.18. The topological polar surface area (TPSA) is 0 Å². The van der Waals surface area contributed by atoms with Gasteiger partial charge in [-0.3, -0.25) is 0 Å². The van der Waals surface area contributed by atoms with Crippen LogP contribution in [0.3, 0.4) is 0 Å². The Morgan fingerprint density at radius 3 is 1.27 bits per heavy atom. The maximum Gasteiger partial charge on any atom is -1.00 e. The fourth-order valence-corrected chi connectivity index (χ4v) is 15.6. The van der Waals surface area contributed by atoms with Crippen LogP contribution < -0.4 is 31.4 Å². The summed E-state index contributed by atoms with van der Waals surface area (Å²) in [7, 11) is 0. The van der Waals surface area contributed by atoms with Crippen molar-refractivity contribution in [1.82, 2.24) is 0 Å². The van der Waals surface area contributed by atoms with E-state index in [0.717, 1.165) is 12.8 Å². The zero-order valence-corrected chi connectivity index (χ0v) is 26.9. The summed E-state index contributed by atoms with van der Waals surface area (Å²) in [6, 6.07) is 24.2. The van der Waals surface area contributed by atoms with E-state index in [1.807, 2.05) is 0 Å². The van der Waals surface area contributed by atoms with Crippen molar-refractivity contribution in [2.75, 3.05) is 0 Å². The molecule has 0 nitrogen and oxygen atoms in total. The summed E-state index contributed by atoms with van der Waals surface area (Å²) in [5.74, 6) is 0. The first kappa shape index (κ1) is 28.4. The third-order valence-corrected chi connectivity index (χ3v) is 16.5. The number of rotatable bonds is 2. The van der Waals surface area contributed by atoms with Gasteiger partial charge >= 0.3 is 220 Å². The molecule has 0 radical (unpaired) electrons. The van der Waals surface area contributed by atoms with Gasteiger partial charge in [0.1, 0.15) is 0 Å². The molecule has 0 N–H and O–H groups in total. The molecule has 0 heterocycles. The SMILES string of the molecule is Cc1ccc2c(c1)-c1cc(C)c[c]([Zr+2]([c]3cc(C)cc4c3Cc3ccc(C)cc3-4)[C](C)(C)C)c1C2.[Cl-].[Cl-]. The van der Waals surface area contributed by atoms with Crippen LogP contribution >= 0.6 is 0 Å². The second-order valence-electron chi connectivity index (χ2n) is 12.0. The van der Waals surface area contributed by atoms with Gasteiger partial charge in [-0.05, 0) is 0 Å². The fraction of sp³-hybridized carbons (Fsp3) is 0.294. The van der Waals surface area contributed by atoms with Gasteiger partial charge < -0.3 is 24.8 Å². The zero-order chi connectivity index (χ0) is 24.6. The van der Waals surface area contributed by atoms with Crippen molar-refractivity contribution in [2.45, 2.75) is 64.4 Å². The van der Waals surface area contributed by atoms with Crippen molar-refractivity contribution in [2.24, 2.45) is 0 Å². The minimum Gasteiger partial charge on any atom is -1.00 e. The smallest absolute Gasteiger partial charge is 1.00 e. The number of aryl methyl sites for hydroxylation is 4. The molecule has 2 aliphatic carbocycles. The predicted octanol–water partition coefficient (Wildman–Crippen LogP) is 1.86. The van der Waals surface area contributed by atoms with Crippen LogP contribution in [0.1, 0.15) is 65.3 Å². The van der Waals surface area contributed by atoms with Crippen LogP contribution in [0.4, 0.5) is 0 Å². The van der Waals surface area contributed by atoms with Crippen LogP contribution in [0.2, 0.25) is 3.12 Å². The zero-order valence-electron chi connectivity index (χ0n) is 22.9. The van der Waals surface area contributed by atoms with Crippen LogP contribution in [0.5, 0.6) is 0 Å². The minimum absolute atomic E-state index is 0. The summed E-state index contributed by atoms with van der Waals surface area (Å²) in [6.45, 7) is 16.6. The largest absolute Gasteiger partial charge is 1.00 e. The third-order valence-electron chi connectivity index (χ3n) is 7.92. The molecule has 0 bridgehead atoms. The summed E-state index contributed by atoms with van der Waals surface area (Å²) < 4.78 is 3.74. The van der Waals surface area contributed by atoms with E-state index in [9.17, 15) is 0 Å². The van der Waals surface area contributed by atoms with Crippen LogP contribution in [0, 0.1) is 27.7 Å². The average Bonchev–Trinajstić information content (AvgIpc) is 3.31. The summed E-state index contributed by atoms with van der Waals surface area (Å²) in [5.41, 5.74) is 17.8. The van der Waals surface area contributed by atoms with E-state index in [0.29, 0.717) is 3.12 Å². The predicted molar refractivity (Wildman–Crippen MR) is 147 cm³/mol. The number of hydrogen-bond donors (Lipinski definition) is 0. The Morgan fingerprint density at radius 1 is 0.514 bits per heavy atom. The molecule has 3 heteroatoms. The van der Waals surface area contributed by atoms with Crippen LogP contribution in [0.15, 0.2) is 60.7 Å². The first-order chi connectivity index (χ1) is 16.6. The maximum absolute atomic E-state index is 2.58. The fourth-order valence-electron chi connectivity index (χ4n) is 6.46. The van der Waals surface area contributed by atoms with Gasteiger partial charge in [0.05, 0.1) is 0 Å². The van der Waals surface area contributed by atoms with Gasteiger partial charge in [-0.1, -0.05) is 0 Å². The molecular formula is C34H35Cl2Zr. The Hall–Kier alpha value is -1.66. The number of hydrogen-bond acceptors (Lipinski definition) is 0. The van der Waals surface area contributed by atoms with Crippen LogP contribution in [-0.2, 0) is 34.6 Å². The quantitative estimate of drug-likeness (QED) is 0.283. The van der Waals surface area contributed by atoms with Gasteiger partial charge in [0.25, 0.3) is 0 Å². The molecule has 0 saturated carbocycles. The minimum atomic E-state index is -2.37. The molecule has 0 spiro atoms. The second-order valence-corrected chi connectivity index (χ2v) is 20.2. The first-order valence-corrected chi connectivity index (χ1v) is 16.6. The molecule has 0 unspecified atom stereocenters. The van der Waals surface area contributed by atoms with E-state index in [-0.39, 0.29) is 24.8 Å². The van der Waals surface area contributed by atoms with E-state index in [4.69, 9.17) is 0 Å². The molecule has 0 saturated heterocycles. The molecule has 189 valence electrons. The Labute approximate surface area is 243 Å². The van der Waals surface area contributed by atoms with Gasteiger partial charge in [0.15, 0.2) is 0 Å². The van der Waals surface area contributed by atoms with E-state index >= 15 is 0 Å². The number of fused-ring (bicyclic) bond motifs is 6. The van der Waals surface area contributed by atoms with Crippen molar-refractivity contribution in [1.29, 1.82) is 0 Å². The Morgan fingerprint density at radius 2 is 0.892 bits per heavy atom. The van der Waals surface area contributed by atoms with Crippen molar-refractivity contribution in [3.05, 3.63) is 105 Å². The van der Waals surface area contributed by atoms with Gasteiger partial charge in [0.2, 0.25) is 0 Å². The van der Waals surface area contributed by atoms with Gasteiger partial charge in [-0.2, -0.15) is 0 Å². The Bertz CT molecular complexity index is 1420. The summed E-state index contributed by atoms with van der Waals surface area (Å²) in [4.78, 5) is 0. The summed E-state index contributed by atoms with van der Waals surface area (Å²) in [5, 5.41) is 0. The Balaban J connectivity index is 0.00000160. The van der Waals surface area contributed by atoms with E-state index in [1.165, 1.54) is 55.6 Å². The normalized spacial score (nSPS) is 12.6. The van der Waals surface area contributed by atoms with Crippen molar-refractivity contribution < 1.29 is 46.6 Å². The molecule has 0 amide bonds. The molecule has 4 aromatic carbocycles. The standard InChI is InChI=1S/2C15H13.C4H9.2ClH.Zr/c2*1-10-3-5-12-9-13-6-4-11(2)8-15(13)14(12)7-10;1-4(2)3;;;/h2*3-5,7-8H,9H2,1-2H3;1-3H3;2*1H;/q;;;;;+2/p-2. The molecular weight excluding hydrogens is 571 g/mol. The third kappa shape index (κ3) is 4.82. The Kier molecular flexibility index (Phi) is 7.78. The monoisotopic (exact) mass is 603 g/mol. The molecule has 2 aliphatic rings. The van der Waals surface area contributed by atoms with E-state index in [2.05, 4.69) is 109 Å². The number of halogens is 2. The molecule has 37 heavy (non-hydrogen) atoms. The first-order valence-electron chi connectivity index (χ1n) is 12.9. The van der Waals surface area contributed by atoms with Gasteiger partial charge in [0, 0.05) is 0 Å². The van der Waals surface area contributed by atoms with Gasteiger partial charge in [-0.25, -0.2) is 0 Å². The maximum atomic E-state index is 2.58. The van der Waals surface area contributed by atoms with Crippen LogP contribution in [-0.4, -0.2) is 0 Å². The molecule has 0 aliphatic heterocycles. The van der Waals surface area contributed by atoms with E-state index < -0.39 is 21.8 Å².